The Morgan fingerprint density at radius 1 is 0.686 bits per heavy atom. The predicted octanol–water partition coefficient (Wildman–Crippen LogP) is 6.97. The van der Waals surface area contributed by atoms with Crippen molar-refractivity contribution in [3.05, 3.63) is 128 Å². The van der Waals surface area contributed by atoms with Crippen molar-refractivity contribution in [2.75, 3.05) is 0 Å². The minimum absolute atomic E-state index is 0. The molecular formula is C47H57Cl2SiZr. The molecule has 2 atom stereocenters. The second-order valence-corrected chi connectivity index (χ2v) is 38.0. The molecule has 0 saturated carbocycles. The van der Waals surface area contributed by atoms with Crippen LogP contribution < -0.4 is 24.8 Å². The van der Waals surface area contributed by atoms with E-state index in [1.54, 1.807) is 44.5 Å². The van der Waals surface area contributed by atoms with Gasteiger partial charge in [-0.3, -0.25) is 0 Å². The Bertz CT molecular complexity index is 1970. The Labute approximate surface area is 330 Å². The zero-order valence-electron chi connectivity index (χ0n) is 32.8. The number of hydrogen-bond acceptors (Lipinski definition) is 0. The molecule has 0 saturated heterocycles. The first-order chi connectivity index (χ1) is 23.1. The quantitative estimate of drug-likeness (QED) is 0.185. The Kier molecular flexibility index (Phi) is 11.9. The van der Waals surface area contributed by atoms with Crippen molar-refractivity contribution < 1.29 is 45.7 Å². The van der Waals surface area contributed by atoms with Gasteiger partial charge >= 0.3 is 308 Å². The van der Waals surface area contributed by atoms with E-state index in [2.05, 4.69) is 160 Å². The number of rotatable bonds is 6. The minimum Gasteiger partial charge on any atom is -1.00 e. The standard InChI is InChI=1S/C23H25.C22H25.C2H7Si.2ClH.Zr/c1-15-12-18-14-17-6-5-7-20(17)22(21(18)13-15)16-8-10-19(11-9-16)23(2,3)4;1-15(2)18-13-17-7-6-8-20(21(17)14-18)16-9-11-19(12-10-16)22(3,4)5;1-3-2;;;/h8-14H,5-7H2,1-4H3;6-15H,1-5H3;3H,1-2H3;2*1H;/q;;;;;+2/p-2. The van der Waals surface area contributed by atoms with Gasteiger partial charge in [-0.25, -0.2) is 0 Å². The van der Waals surface area contributed by atoms with Crippen LogP contribution in [0.5, 0.6) is 0 Å². The number of halogens is 2. The molecule has 0 bridgehead atoms. The zero-order valence-corrected chi connectivity index (χ0v) is 37.9. The second-order valence-electron chi connectivity index (χ2n) is 17.9. The van der Waals surface area contributed by atoms with Gasteiger partial charge in [0.25, 0.3) is 0 Å². The maximum Gasteiger partial charge on any atom is -1.00 e. The molecule has 0 spiro atoms. The molecule has 4 heteroatoms. The molecule has 0 aliphatic heterocycles. The molecule has 0 aromatic heterocycles. The van der Waals surface area contributed by atoms with E-state index < -0.39 is 26.8 Å². The molecule has 0 N–H and O–H groups in total. The average Bonchev–Trinajstić information content (AvgIpc) is 3.75. The predicted molar refractivity (Wildman–Crippen MR) is 214 cm³/mol. The summed E-state index contributed by atoms with van der Waals surface area (Å²) in [4.78, 5) is 0. The van der Waals surface area contributed by atoms with Crippen molar-refractivity contribution in [1.82, 2.24) is 0 Å². The zero-order chi connectivity index (χ0) is 35.0. The smallest absolute Gasteiger partial charge is 1.00 e. The van der Waals surface area contributed by atoms with Gasteiger partial charge in [-0.1, -0.05) is 0 Å². The number of hydrogen-bond donors (Lipinski definition) is 0. The van der Waals surface area contributed by atoms with E-state index in [1.807, 2.05) is 0 Å². The molecule has 7 rings (SSSR count). The summed E-state index contributed by atoms with van der Waals surface area (Å²) in [5.41, 5.74) is 22.0. The van der Waals surface area contributed by atoms with Crippen molar-refractivity contribution in [2.24, 2.45) is 5.92 Å². The molecule has 3 aliphatic carbocycles. The van der Waals surface area contributed by atoms with Crippen molar-refractivity contribution in [3.8, 4) is 22.3 Å². The fourth-order valence-corrected chi connectivity index (χ4v) is 32.4. The monoisotopic (exact) mass is 809 g/mol. The minimum atomic E-state index is -2.20. The van der Waals surface area contributed by atoms with Crippen LogP contribution in [-0.4, -0.2) is 5.92 Å². The van der Waals surface area contributed by atoms with Gasteiger partial charge in [0.15, 0.2) is 0 Å². The summed E-state index contributed by atoms with van der Waals surface area (Å²) in [7, 11) is 0. The summed E-state index contributed by atoms with van der Waals surface area (Å²) in [6.45, 7) is 26.8. The fraction of sp³-hybridized carbons (Fsp3) is 0.404. The topological polar surface area (TPSA) is 0 Å². The van der Waals surface area contributed by atoms with Crippen molar-refractivity contribution in [3.63, 3.8) is 0 Å². The van der Waals surface area contributed by atoms with Crippen molar-refractivity contribution in [2.45, 2.75) is 113 Å². The van der Waals surface area contributed by atoms with Crippen LogP contribution in [0.1, 0.15) is 120 Å². The molecule has 4 aromatic carbocycles. The summed E-state index contributed by atoms with van der Waals surface area (Å²) < 4.78 is 1.32. The van der Waals surface area contributed by atoms with E-state index >= 15 is 0 Å². The molecule has 3 aliphatic rings. The number of aryl methyl sites for hydroxylation is 1. The fourth-order valence-electron chi connectivity index (χ4n) is 9.18. The van der Waals surface area contributed by atoms with Gasteiger partial charge in [-0.15, -0.1) is 0 Å². The number of allylic oxidation sites excluding steroid dienone is 2. The molecule has 51 heavy (non-hydrogen) atoms. The molecule has 0 nitrogen and oxygen atoms in total. The maximum atomic E-state index is 2.72. The number of benzene rings is 4. The van der Waals surface area contributed by atoms with Gasteiger partial charge in [0.1, 0.15) is 0 Å². The Morgan fingerprint density at radius 2 is 1.27 bits per heavy atom. The van der Waals surface area contributed by atoms with Crippen LogP contribution in [0.4, 0.5) is 0 Å². The van der Waals surface area contributed by atoms with Crippen LogP contribution >= 0.6 is 0 Å². The summed E-state index contributed by atoms with van der Waals surface area (Å²) in [6, 6.07) is 29.1. The Morgan fingerprint density at radius 3 is 1.82 bits per heavy atom. The third kappa shape index (κ3) is 7.31. The van der Waals surface area contributed by atoms with Gasteiger partial charge in [0, 0.05) is 0 Å². The van der Waals surface area contributed by atoms with Gasteiger partial charge in [-0.05, 0) is 0 Å². The Hall–Kier alpha value is -1.96. The van der Waals surface area contributed by atoms with Crippen LogP contribution in [0.25, 0.3) is 34.4 Å². The largest absolute Gasteiger partial charge is 1.00 e. The van der Waals surface area contributed by atoms with E-state index in [4.69, 9.17) is 0 Å². The number of fused-ring (bicyclic) bond motifs is 3. The molecule has 0 fully saturated rings. The molecule has 4 aromatic rings. The summed E-state index contributed by atoms with van der Waals surface area (Å²) in [5.74, 6) is -0.410. The SMILES string of the molecule is CC1=Cc2c(cc3c(c2-c2ccc(C(C)(C)C)cc2)CCC3)[CH]1[Zr+2]([CH]1C(C(C)C)=Cc2c(-c3ccc(C(C)(C)C)cc3)cccc21)[SiH](C)C.[Cl-].[Cl-]. The maximum absolute atomic E-state index is 2.72. The third-order valence-electron chi connectivity index (χ3n) is 11.8. The van der Waals surface area contributed by atoms with Crippen LogP contribution in [0.15, 0.2) is 83.9 Å². The summed E-state index contributed by atoms with van der Waals surface area (Å²) in [6.07, 6.45) is 9.06. The molecule has 0 heterocycles. The van der Waals surface area contributed by atoms with Crippen molar-refractivity contribution in [1.29, 1.82) is 0 Å². The molecule has 0 amide bonds. The molecule has 0 radical (unpaired) electrons. The molecule has 2 unspecified atom stereocenters. The third-order valence-corrected chi connectivity index (χ3v) is 33.7. The van der Waals surface area contributed by atoms with Gasteiger partial charge in [-0.2, -0.15) is 0 Å². The van der Waals surface area contributed by atoms with E-state index in [1.165, 1.54) is 52.6 Å². The van der Waals surface area contributed by atoms with Crippen LogP contribution in [-0.2, 0) is 44.6 Å². The van der Waals surface area contributed by atoms with Gasteiger partial charge in [0.05, 0.1) is 0 Å². The van der Waals surface area contributed by atoms with Crippen LogP contribution in [0.2, 0.25) is 13.1 Å². The van der Waals surface area contributed by atoms with Crippen LogP contribution in [0, 0.1) is 5.92 Å². The first-order valence-corrected chi connectivity index (χ1v) is 28.9. The summed E-state index contributed by atoms with van der Waals surface area (Å²) >= 11 is -2.20. The second kappa shape index (κ2) is 15.1. The van der Waals surface area contributed by atoms with E-state index in [0.29, 0.717) is 13.2 Å². The summed E-state index contributed by atoms with van der Waals surface area (Å²) in [5, 5.41) is 0. The van der Waals surface area contributed by atoms with E-state index in [9.17, 15) is 0 Å². The molecule has 267 valence electrons. The normalized spacial score (nSPS) is 17.7. The van der Waals surface area contributed by atoms with Gasteiger partial charge < -0.3 is 24.8 Å². The van der Waals surface area contributed by atoms with Crippen LogP contribution in [0.3, 0.4) is 0 Å². The van der Waals surface area contributed by atoms with Crippen molar-refractivity contribution >= 4 is 18.1 Å². The van der Waals surface area contributed by atoms with Gasteiger partial charge in [0.2, 0.25) is 0 Å². The molecular weight excluding hydrogens is 755 g/mol. The Balaban J connectivity index is 0.00000252. The van der Waals surface area contributed by atoms with E-state index in [-0.39, 0.29) is 35.6 Å². The first-order valence-electron chi connectivity index (χ1n) is 18.9. The first kappa shape index (κ1) is 40.2. The average molecular weight is 812 g/mol. The van der Waals surface area contributed by atoms with E-state index in [0.717, 1.165) is 0 Å².